The van der Waals surface area contributed by atoms with E-state index in [9.17, 15) is 9.59 Å². The number of benzene rings is 2. The highest BCUT2D eigenvalue weighted by atomic mass is 16.5. The lowest BCUT2D eigenvalue weighted by Crippen LogP contribution is -2.39. The molecule has 0 aliphatic carbocycles. The zero-order valence-corrected chi connectivity index (χ0v) is 20.7. The number of nitrogens with one attached hydrogen (secondary N) is 3. The minimum atomic E-state index is -0.131. The summed E-state index contributed by atoms with van der Waals surface area (Å²) in [6.45, 7) is 7.68. The Morgan fingerprint density at radius 2 is 1.26 bits per heavy atom. The predicted molar refractivity (Wildman–Crippen MR) is 137 cm³/mol. The van der Waals surface area contributed by atoms with E-state index in [1.54, 1.807) is 0 Å². The molecule has 0 amide bonds. The van der Waals surface area contributed by atoms with Gasteiger partial charge in [-0.15, -0.1) is 0 Å². The molecule has 7 heteroatoms. The van der Waals surface area contributed by atoms with E-state index in [1.807, 2.05) is 38.1 Å². The van der Waals surface area contributed by atoms with Crippen molar-refractivity contribution in [2.24, 2.45) is 11.8 Å². The van der Waals surface area contributed by atoms with Gasteiger partial charge < -0.3 is 25.4 Å². The predicted octanol–water partition coefficient (Wildman–Crippen LogP) is 3.94. The summed E-state index contributed by atoms with van der Waals surface area (Å²) >= 11 is 0. The third-order valence-corrected chi connectivity index (χ3v) is 7.06. The molecule has 0 bridgehead atoms. The third kappa shape index (κ3) is 6.21. The minimum absolute atomic E-state index is 0.0783. The van der Waals surface area contributed by atoms with Gasteiger partial charge in [-0.1, -0.05) is 24.3 Å². The Kier molecular flexibility index (Phi) is 8.77. The molecule has 188 valence electrons. The fourth-order valence-corrected chi connectivity index (χ4v) is 5.34. The van der Waals surface area contributed by atoms with Crippen molar-refractivity contribution in [3.05, 3.63) is 59.7 Å². The Bertz CT molecular complexity index is 932. The van der Waals surface area contributed by atoms with Gasteiger partial charge >= 0.3 is 11.9 Å². The molecule has 2 heterocycles. The standard InChI is InChI=1S/C28H37N3O4/c1-3-34-27(32)23-11-13-29-17-25(23)19-7-5-9-21(15-19)31-22-10-6-8-20(16-22)26-18-30-14-12-24(26)28(33)35-4-2/h5-10,15-16,23-26,29-31H,3-4,11-14,17-18H2,1-2H3. The molecule has 2 aromatic rings. The van der Waals surface area contributed by atoms with E-state index in [4.69, 9.17) is 9.47 Å². The van der Waals surface area contributed by atoms with Crippen LogP contribution in [0.3, 0.4) is 0 Å². The van der Waals surface area contributed by atoms with Gasteiger partial charge in [-0.3, -0.25) is 9.59 Å². The van der Waals surface area contributed by atoms with Gasteiger partial charge in [0.2, 0.25) is 0 Å². The Balaban J connectivity index is 1.51. The van der Waals surface area contributed by atoms with E-state index in [0.29, 0.717) is 13.2 Å². The molecule has 0 radical (unpaired) electrons. The van der Waals surface area contributed by atoms with Crippen LogP contribution in [0.25, 0.3) is 0 Å². The van der Waals surface area contributed by atoms with Crippen LogP contribution in [-0.4, -0.2) is 51.3 Å². The molecule has 0 aromatic heterocycles. The van der Waals surface area contributed by atoms with Gasteiger partial charge in [0.25, 0.3) is 0 Å². The van der Waals surface area contributed by atoms with Crippen LogP contribution in [0.5, 0.6) is 0 Å². The van der Waals surface area contributed by atoms with E-state index < -0.39 is 0 Å². The maximum Gasteiger partial charge on any atom is 0.309 e. The van der Waals surface area contributed by atoms with E-state index in [-0.39, 0.29) is 35.6 Å². The highest BCUT2D eigenvalue weighted by Gasteiger charge is 2.34. The molecule has 2 aromatic carbocycles. The van der Waals surface area contributed by atoms with Crippen molar-refractivity contribution in [2.45, 2.75) is 38.5 Å². The maximum atomic E-state index is 12.6. The van der Waals surface area contributed by atoms with Gasteiger partial charge in [-0.2, -0.15) is 0 Å². The second-order valence-corrected chi connectivity index (χ2v) is 9.29. The quantitative estimate of drug-likeness (QED) is 0.494. The fraction of sp³-hybridized carbons (Fsp3) is 0.500. The number of esters is 2. The molecule has 4 rings (SSSR count). The minimum Gasteiger partial charge on any atom is -0.466 e. The lowest BCUT2D eigenvalue weighted by Gasteiger charge is -2.31. The van der Waals surface area contributed by atoms with Crippen molar-refractivity contribution in [1.29, 1.82) is 0 Å². The van der Waals surface area contributed by atoms with Crippen LogP contribution in [-0.2, 0) is 19.1 Å². The Labute approximate surface area is 208 Å². The lowest BCUT2D eigenvalue weighted by atomic mass is 9.81. The molecule has 2 aliphatic heterocycles. The summed E-state index contributed by atoms with van der Waals surface area (Å²) in [5.74, 6) is -0.324. The molecule has 7 nitrogen and oxygen atoms in total. The van der Waals surface area contributed by atoms with Crippen LogP contribution in [0.4, 0.5) is 11.4 Å². The van der Waals surface area contributed by atoms with Crippen LogP contribution < -0.4 is 16.0 Å². The first-order valence-electron chi connectivity index (χ1n) is 12.8. The Morgan fingerprint density at radius 1 is 0.800 bits per heavy atom. The van der Waals surface area contributed by atoms with Crippen molar-refractivity contribution in [2.75, 3.05) is 44.7 Å². The topological polar surface area (TPSA) is 88.7 Å². The number of carbonyl (C=O) groups is 2. The van der Waals surface area contributed by atoms with Gasteiger partial charge in [0.1, 0.15) is 0 Å². The SMILES string of the molecule is CCOC(=O)C1CCNCC1c1cccc(Nc2cccc(C3CNCCC3C(=O)OCC)c2)c1. The number of ether oxygens (including phenoxy) is 2. The van der Waals surface area contributed by atoms with E-state index in [0.717, 1.165) is 61.5 Å². The number of rotatable bonds is 8. The van der Waals surface area contributed by atoms with E-state index >= 15 is 0 Å². The maximum absolute atomic E-state index is 12.6. The van der Waals surface area contributed by atoms with Crippen molar-refractivity contribution in [3.8, 4) is 0 Å². The first-order valence-corrected chi connectivity index (χ1v) is 12.8. The molecule has 0 spiro atoms. The molecule has 35 heavy (non-hydrogen) atoms. The van der Waals surface area contributed by atoms with Crippen LogP contribution in [0.1, 0.15) is 49.7 Å². The second-order valence-electron chi connectivity index (χ2n) is 9.29. The summed E-state index contributed by atoms with van der Waals surface area (Å²) in [5, 5.41) is 10.4. The third-order valence-electron chi connectivity index (χ3n) is 7.06. The molecule has 2 aliphatic rings. The molecular weight excluding hydrogens is 442 g/mol. The highest BCUT2D eigenvalue weighted by Crippen LogP contribution is 2.34. The van der Waals surface area contributed by atoms with Gasteiger partial charge in [0.05, 0.1) is 25.0 Å². The van der Waals surface area contributed by atoms with Crippen LogP contribution in [0.15, 0.2) is 48.5 Å². The van der Waals surface area contributed by atoms with E-state index in [1.165, 1.54) is 0 Å². The number of hydrogen-bond donors (Lipinski definition) is 3. The molecule has 3 N–H and O–H groups in total. The Morgan fingerprint density at radius 3 is 1.69 bits per heavy atom. The number of anilines is 2. The smallest absolute Gasteiger partial charge is 0.309 e. The zero-order valence-electron chi connectivity index (χ0n) is 20.7. The van der Waals surface area contributed by atoms with Gasteiger partial charge in [-0.25, -0.2) is 0 Å². The first-order chi connectivity index (χ1) is 17.1. The average Bonchev–Trinajstić information content (AvgIpc) is 2.89. The molecule has 0 saturated carbocycles. The van der Waals surface area contributed by atoms with Crippen molar-refractivity contribution < 1.29 is 19.1 Å². The molecule has 2 fully saturated rings. The van der Waals surface area contributed by atoms with Crippen LogP contribution in [0, 0.1) is 11.8 Å². The fourth-order valence-electron chi connectivity index (χ4n) is 5.34. The summed E-state index contributed by atoms with van der Waals surface area (Å²) < 4.78 is 10.7. The number of hydrogen-bond acceptors (Lipinski definition) is 7. The summed E-state index contributed by atoms with van der Waals surface area (Å²) in [7, 11) is 0. The number of carbonyl (C=O) groups excluding carboxylic acids is 2. The van der Waals surface area contributed by atoms with Crippen LogP contribution in [0.2, 0.25) is 0 Å². The molecule has 4 unspecified atom stereocenters. The van der Waals surface area contributed by atoms with Crippen molar-refractivity contribution >= 4 is 23.3 Å². The summed E-state index contributed by atoms with van der Waals surface area (Å²) in [6.07, 6.45) is 1.56. The summed E-state index contributed by atoms with van der Waals surface area (Å²) in [5.41, 5.74) is 4.18. The molecule has 2 saturated heterocycles. The molecular formula is C28H37N3O4. The normalized spacial score (nSPS) is 24.4. The first kappa shape index (κ1) is 25.2. The molecule has 4 atom stereocenters. The number of piperidine rings is 2. The highest BCUT2D eigenvalue weighted by molar-refractivity contribution is 5.75. The average molecular weight is 480 g/mol. The largest absolute Gasteiger partial charge is 0.466 e. The van der Waals surface area contributed by atoms with Crippen molar-refractivity contribution in [3.63, 3.8) is 0 Å². The second kappa shape index (κ2) is 12.2. The van der Waals surface area contributed by atoms with Gasteiger partial charge in [-0.05, 0) is 75.2 Å². The summed E-state index contributed by atoms with van der Waals surface area (Å²) in [4.78, 5) is 25.1. The van der Waals surface area contributed by atoms with Gasteiger partial charge in [0, 0.05) is 36.3 Å². The zero-order chi connectivity index (χ0) is 24.6. The van der Waals surface area contributed by atoms with Gasteiger partial charge in [0.15, 0.2) is 0 Å². The van der Waals surface area contributed by atoms with Crippen LogP contribution >= 0.6 is 0 Å². The lowest BCUT2D eigenvalue weighted by molar-refractivity contribution is -0.150. The summed E-state index contributed by atoms with van der Waals surface area (Å²) in [6, 6.07) is 16.6. The Hall–Kier alpha value is -2.90. The van der Waals surface area contributed by atoms with Crippen molar-refractivity contribution in [1.82, 2.24) is 10.6 Å². The van der Waals surface area contributed by atoms with E-state index in [2.05, 4.69) is 40.2 Å². The monoisotopic (exact) mass is 479 g/mol.